The molecular formula is C20H19NO. The number of rotatable bonds is 3. The molecule has 0 spiro atoms. The third-order valence-corrected chi connectivity index (χ3v) is 4.56. The predicted octanol–water partition coefficient (Wildman–Crippen LogP) is 4.32. The van der Waals surface area contributed by atoms with E-state index in [4.69, 9.17) is 9.72 Å². The number of benzene rings is 2. The second-order valence-corrected chi connectivity index (χ2v) is 5.91. The van der Waals surface area contributed by atoms with Gasteiger partial charge in [0, 0.05) is 17.1 Å². The number of ether oxygens (including phenoxy) is 1. The van der Waals surface area contributed by atoms with Crippen molar-refractivity contribution in [2.24, 2.45) is 0 Å². The number of methoxy groups -OCH3 is 1. The number of pyridine rings is 1. The van der Waals surface area contributed by atoms with Crippen LogP contribution in [-0.2, 0) is 19.3 Å². The average Bonchev–Trinajstić information content (AvgIpc) is 3.03. The van der Waals surface area contributed by atoms with Crippen LogP contribution in [0.4, 0.5) is 0 Å². The molecule has 2 nitrogen and oxygen atoms in total. The second kappa shape index (κ2) is 5.45. The summed E-state index contributed by atoms with van der Waals surface area (Å²) in [5.74, 6) is 0.878. The highest BCUT2D eigenvalue weighted by atomic mass is 16.5. The fraction of sp³-hybridized carbons (Fsp3) is 0.250. The Bertz CT molecular complexity index is 824. The van der Waals surface area contributed by atoms with Crippen molar-refractivity contribution >= 4 is 10.9 Å². The number of nitrogens with zero attached hydrogens (tertiary/aromatic N) is 1. The third-order valence-electron chi connectivity index (χ3n) is 4.56. The summed E-state index contributed by atoms with van der Waals surface area (Å²) in [6.07, 6.45) is 4.46. The van der Waals surface area contributed by atoms with Gasteiger partial charge in [0.1, 0.15) is 5.75 Å². The molecule has 0 N–H and O–H groups in total. The molecule has 22 heavy (non-hydrogen) atoms. The van der Waals surface area contributed by atoms with Crippen molar-refractivity contribution in [3.8, 4) is 5.75 Å². The summed E-state index contributed by atoms with van der Waals surface area (Å²) in [5, 5.41) is 1.27. The predicted molar refractivity (Wildman–Crippen MR) is 89.6 cm³/mol. The molecule has 0 radical (unpaired) electrons. The monoisotopic (exact) mass is 289 g/mol. The van der Waals surface area contributed by atoms with Crippen LogP contribution in [0.25, 0.3) is 10.9 Å². The second-order valence-electron chi connectivity index (χ2n) is 5.91. The summed E-state index contributed by atoms with van der Waals surface area (Å²) in [4.78, 5) is 4.89. The maximum absolute atomic E-state index is 5.36. The van der Waals surface area contributed by atoms with E-state index in [1.54, 1.807) is 7.11 Å². The van der Waals surface area contributed by atoms with Gasteiger partial charge in [0.05, 0.1) is 12.6 Å². The molecule has 2 heteroatoms. The van der Waals surface area contributed by atoms with Crippen LogP contribution >= 0.6 is 0 Å². The van der Waals surface area contributed by atoms with Gasteiger partial charge in [0.15, 0.2) is 0 Å². The van der Waals surface area contributed by atoms with Crippen molar-refractivity contribution in [2.45, 2.75) is 25.7 Å². The summed E-state index contributed by atoms with van der Waals surface area (Å²) >= 11 is 0. The van der Waals surface area contributed by atoms with Crippen LogP contribution in [0.15, 0.2) is 48.5 Å². The number of aryl methyl sites for hydroxylation is 1. The first-order chi connectivity index (χ1) is 10.8. The van der Waals surface area contributed by atoms with Crippen molar-refractivity contribution in [1.29, 1.82) is 0 Å². The molecule has 1 aliphatic rings. The van der Waals surface area contributed by atoms with Gasteiger partial charge in [-0.3, -0.25) is 4.98 Å². The highest BCUT2D eigenvalue weighted by Crippen LogP contribution is 2.33. The van der Waals surface area contributed by atoms with E-state index in [1.165, 1.54) is 34.2 Å². The minimum absolute atomic E-state index is 0.878. The van der Waals surface area contributed by atoms with Gasteiger partial charge in [0.2, 0.25) is 0 Å². The number of hydrogen-bond donors (Lipinski definition) is 0. The Morgan fingerprint density at radius 2 is 1.91 bits per heavy atom. The van der Waals surface area contributed by atoms with E-state index >= 15 is 0 Å². The Morgan fingerprint density at radius 3 is 2.73 bits per heavy atom. The van der Waals surface area contributed by atoms with Crippen LogP contribution in [0.1, 0.15) is 28.8 Å². The molecular weight excluding hydrogens is 270 g/mol. The number of fused-ring (bicyclic) bond motifs is 2. The third kappa shape index (κ3) is 2.25. The molecule has 0 fully saturated rings. The molecule has 0 aliphatic heterocycles. The van der Waals surface area contributed by atoms with E-state index < -0.39 is 0 Å². The lowest BCUT2D eigenvalue weighted by Gasteiger charge is -2.13. The summed E-state index contributed by atoms with van der Waals surface area (Å²) in [6, 6.07) is 17.0. The topological polar surface area (TPSA) is 22.1 Å². The van der Waals surface area contributed by atoms with Crippen LogP contribution in [0, 0.1) is 0 Å². The summed E-state index contributed by atoms with van der Waals surface area (Å²) in [7, 11) is 1.71. The molecule has 2 aromatic carbocycles. The van der Waals surface area contributed by atoms with Crippen molar-refractivity contribution in [3.63, 3.8) is 0 Å². The minimum atomic E-state index is 0.878. The first-order valence-electron chi connectivity index (χ1n) is 7.87. The zero-order valence-electron chi connectivity index (χ0n) is 12.8. The Kier molecular flexibility index (Phi) is 3.30. The summed E-state index contributed by atoms with van der Waals surface area (Å²) in [5.41, 5.74) is 6.63. The van der Waals surface area contributed by atoms with Crippen LogP contribution in [0.3, 0.4) is 0 Å². The first-order valence-corrected chi connectivity index (χ1v) is 7.87. The molecule has 0 saturated carbocycles. The maximum atomic E-state index is 5.36. The van der Waals surface area contributed by atoms with E-state index in [1.807, 2.05) is 6.07 Å². The SMILES string of the molecule is COc1ccc2c(Cc3ccccc3)c3c(nc2c1)CCC3. The van der Waals surface area contributed by atoms with Gasteiger partial charge in [-0.15, -0.1) is 0 Å². The van der Waals surface area contributed by atoms with Crippen LogP contribution < -0.4 is 4.74 Å². The molecule has 1 aliphatic carbocycles. The Labute approximate surface area is 130 Å². The molecule has 1 heterocycles. The fourth-order valence-corrected chi connectivity index (χ4v) is 3.47. The van der Waals surface area contributed by atoms with E-state index in [-0.39, 0.29) is 0 Å². The van der Waals surface area contributed by atoms with Crippen molar-refractivity contribution in [3.05, 3.63) is 70.9 Å². The summed E-state index contributed by atoms with van der Waals surface area (Å²) < 4.78 is 5.36. The fourth-order valence-electron chi connectivity index (χ4n) is 3.47. The first kappa shape index (κ1) is 13.3. The smallest absolute Gasteiger partial charge is 0.121 e. The van der Waals surface area contributed by atoms with Gasteiger partial charge >= 0.3 is 0 Å². The lowest BCUT2D eigenvalue weighted by atomic mass is 9.95. The lowest BCUT2D eigenvalue weighted by Crippen LogP contribution is -2.00. The van der Waals surface area contributed by atoms with Crippen molar-refractivity contribution < 1.29 is 4.74 Å². The van der Waals surface area contributed by atoms with Gasteiger partial charge in [0.25, 0.3) is 0 Å². The molecule has 1 aromatic heterocycles. The zero-order chi connectivity index (χ0) is 14.9. The quantitative estimate of drug-likeness (QED) is 0.716. The molecule has 0 amide bonds. The average molecular weight is 289 g/mol. The van der Waals surface area contributed by atoms with E-state index in [0.717, 1.165) is 30.5 Å². The van der Waals surface area contributed by atoms with Gasteiger partial charge in [-0.1, -0.05) is 30.3 Å². The molecule has 3 aromatic rings. The van der Waals surface area contributed by atoms with E-state index in [9.17, 15) is 0 Å². The highest BCUT2D eigenvalue weighted by Gasteiger charge is 2.19. The normalized spacial score (nSPS) is 13.3. The van der Waals surface area contributed by atoms with Crippen LogP contribution in [-0.4, -0.2) is 12.1 Å². The molecule has 0 atom stereocenters. The zero-order valence-corrected chi connectivity index (χ0v) is 12.8. The summed E-state index contributed by atoms with van der Waals surface area (Å²) in [6.45, 7) is 0. The van der Waals surface area contributed by atoms with E-state index in [2.05, 4.69) is 42.5 Å². The number of aromatic nitrogens is 1. The minimum Gasteiger partial charge on any atom is -0.497 e. The lowest BCUT2D eigenvalue weighted by molar-refractivity contribution is 0.415. The Balaban J connectivity index is 1.91. The molecule has 110 valence electrons. The molecule has 0 saturated heterocycles. The maximum Gasteiger partial charge on any atom is 0.121 e. The van der Waals surface area contributed by atoms with Gasteiger partial charge in [-0.25, -0.2) is 0 Å². The van der Waals surface area contributed by atoms with Gasteiger partial charge in [-0.05, 0) is 54.5 Å². The highest BCUT2D eigenvalue weighted by molar-refractivity contribution is 5.85. The molecule has 0 unspecified atom stereocenters. The van der Waals surface area contributed by atoms with Crippen LogP contribution in [0.5, 0.6) is 5.75 Å². The van der Waals surface area contributed by atoms with E-state index in [0.29, 0.717) is 0 Å². The molecule has 4 rings (SSSR count). The van der Waals surface area contributed by atoms with Crippen LogP contribution in [0.2, 0.25) is 0 Å². The standard InChI is InChI=1S/C20H19NO/c1-22-15-10-11-17-18(12-14-6-3-2-4-7-14)16-8-5-9-19(16)21-20(17)13-15/h2-4,6-7,10-11,13H,5,8-9,12H2,1H3. The van der Waals surface area contributed by atoms with Crippen molar-refractivity contribution in [2.75, 3.05) is 7.11 Å². The molecule has 0 bridgehead atoms. The Hall–Kier alpha value is -2.35. The number of hydrogen-bond acceptors (Lipinski definition) is 2. The van der Waals surface area contributed by atoms with Gasteiger partial charge < -0.3 is 4.74 Å². The van der Waals surface area contributed by atoms with Crippen molar-refractivity contribution in [1.82, 2.24) is 4.98 Å². The van der Waals surface area contributed by atoms with Gasteiger partial charge in [-0.2, -0.15) is 0 Å². The Morgan fingerprint density at radius 1 is 1.05 bits per heavy atom. The largest absolute Gasteiger partial charge is 0.497 e.